The van der Waals surface area contributed by atoms with E-state index < -0.39 is 11.9 Å². The fourth-order valence-corrected chi connectivity index (χ4v) is 2.28. The number of hydrogen-bond donors (Lipinski definition) is 1. The van der Waals surface area contributed by atoms with E-state index in [1.807, 2.05) is 12.1 Å². The van der Waals surface area contributed by atoms with E-state index in [0.29, 0.717) is 11.4 Å². The maximum Gasteiger partial charge on any atom is 0.433 e. The lowest BCUT2D eigenvalue weighted by Crippen LogP contribution is -2.08. The van der Waals surface area contributed by atoms with Gasteiger partial charge in [-0.05, 0) is 17.7 Å². The molecule has 0 unspecified atom stereocenters. The first-order valence-electron chi connectivity index (χ1n) is 7.56. The Labute approximate surface area is 146 Å². The van der Waals surface area contributed by atoms with Crippen LogP contribution in [-0.2, 0) is 12.8 Å². The summed E-state index contributed by atoms with van der Waals surface area (Å²) >= 11 is 0. The van der Waals surface area contributed by atoms with E-state index in [9.17, 15) is 13.2 Å². The number of benzene rings is 1. The zero-order chi connectivity index (χ0) is 18.6. The van der Waals surface area contributed by atoms with Crippen molar-refractivity contribution in [1.29, 1.82) is 0 Å². The molecular weight excluding hydrogens is 347 g/mol. The third-order valence-corrected chi connectivity index (χ3v) is 3.43. The maximum absolute atomic E-state index is 12.7. The summed E-state index contributed by atoms with van der Waals surface area (Å²) in [5, 5.41) is 10.6. The van der Waals surface area contributed by atoms with Gasteiger partial charge in [0, 0.05) is 18.7 Å². The van der Waals surface area contributed by atoms with Gasteiger partial charge in [-0.3, -0.25) is 4.99 Å². The van der Waals surface area contributed by atoms with Crippen molar-refractivity contribution in [3.63, 3.8) is 0 Å². The number of nitrogens with one attached hydrogen (secondary N) is 1. The lowest BCUT2D eigenvalue weighted by molar-refractivity contribution is -0.141. The number of halogens is 3. The van der Waals surface area contributed by atoms with E-state index >= 15 is 0 Å². The Balaban J connectivity index is 1.77. The number of hydrogen-bond acceptors (Lipinski definition) is 5. The van der Waals surface area contributed by atoms with Gasteiger partial charge in [-0.1, -0.05) is 24.3 Å². The molecule has 0 aliphatic carbocycles. The number of rotatable bonds is 5. The molecule has 3 aromatic rings. The van der Waals surface area contributed by atoms with Crippen LogP contribution in [0, 0.1) is 0 Å². The molecule has 1 N–H and O–H groups in total. The Morgan fingerprint density at radius 1 is 1.15 bits per heavy atom. The third-order valence-electron chi connectivity index (χ3n) is 3.43. The van der Waals surface area contributed by atoms with Crippen LogP contribution in [0.1, 0.15) is 17.0 Å². The zero-order valence-electron chi connectivity index (χ0n) is 13.7. The number of aromatic nitrogens is 4. The van der Waals surface area contributed by atoms with E-state index in [2.05, 4.69) is 25.4 Å². The average Bonchev–Trinajstić information content (AvgIpc) is 3.08. The predicted octanol–water partition coefficient (Wildman–Crippen LogP) is 3.51. The first-order valence-corrected chi connectivity index (χ1v) is 7.56. The summed E-state index contributed by atoms with van der Waals surface area (Å²) in [7, 11) is 1.63. The fraction of sp³-hybridized carbons (Fsp3) is 0.176. The molecule has 0 atom stereocenters. The van der Waals surface area contributed by atoms with Crippen LogP contribution in [0.15, 0.2) is 47.5 Å². The molecule has 0 saturated heterocycles. The first-order chi connectivity index (χ1) is 12.5. The number of aromatic amines is 1. The van der Waals surface area contributed by atoms with Crippen molar-refractivity contribution in [2.45, 2.75) is 12.8 Å². The van der Waals surface area contributed by atoms with E-state index in [-0.39, 0.29) is 12.5 Å². The van der Waals surface area contributed by atoms with Crippen molar-refractivity contribution >= 4 is 6.21 Å². The van der Waals surface area contributed by atoms with Gasteiger partial charge in [0.1, 0.15) is 23.7 Å². The number of aliphatic imine (C=N–C) groups is 1. The summed E-state index contributed by atoms with van der Waals surface area (Å²) in [6, 6.07) is 10.8. The third kappa shape index (κ3) is 4.05. The van der Waals surface area contributed by atoms with Gasteiger partial charge in [-0.2, -0.15) is 28.6 Å². The van der Waals surface area contributed by atoms with Crippen LogP contribution in [0.5, 0.6) is 5.88 Å². The molecule has 0 saturated carbocycles. The second kappa shape index (κ2) is 7.34. The molecule has 134 valence electrons. The molecule has 3 rings (SSSR count). The molecule has 1 aromatic carbocycles. The molecule has 0 spiro atoms. The maximum atomic E-state index is 12.7. The van der Waals surface area contributed by atoms with Crippen molar-refractivity contribution in [3.8, 4) is 17.1 Å². The van der Waals surface area contributed by atoms with Gasteiger partial charge in [0.25, 0.3) is 0 Å². The molecule has 0 aliphatic heterocycles. The molecule has 2 heterocycles. The van der Waals surface area contributed by atoms with Crippen molar-refractivity contribution in [3.05, 3.63) is 59.4 Å². The molecular formula is C17H14F3N5O. The fourth-order valence-electron chi connectivity index (χ4n) is 2.28. The van der Waals surface area contributed by atoms with E-state index in [0.717, 1.165) is 17.2 Å². The van der Waals surface area contributed by atoms with Crippen molar-refractivity contribution in [2.75, 3.05) is 7.05 Å². The summed E-state index contributed by atoms with van der Waals surface area (Å²) in [4.78, 5) is 7.40. The lowest BCUT2D eigenvalue weighted by atomic mass is 10.1. The first kappa shape index (κ1) is 17.6. The average molecular weight is 361 g/mol. The molecule has 0 radical (unpaired) electrons. The Morgan fingerprint density at radius 3 is 2.73 bits per heavy atom. The van der Waals surface area contributed by atoms with Crippen molar-refractivity contribution in [2.24, 2.45) is 4.99 Å². The minimum atomic E-state index is -4.51. The van der Waals surface area contributed by atoms with E-state index in [4.69, 9.17) is 4.74 Å². The number of pyridine rings is 1. The Morgan fingerprint density at radius 2 is 1.96 bits per heavy atom. The lowest BCUT2D eigenvalue weighted by Gasteiger charge is -2.09. The van der Waals surface area contributed by atoms with Gasteiger partial charge in [0.2, 0.25) is 5.88 Å². The monoisotopic (exact) mass is 361 g/mol. The van der Waals surface area contributed by atoms with Crippen LogP contribution >= 0.6 is 0 Å². The minimum absolute atomic E-state index is 0.0667. The highest BCUT2D eigenvalue weighted by atomic mass is 19.4. The zero-order valence-corrected chi connectivity index (χ0v) is 13.7. The van der Waals surface area contributed by atoms with E-state index in [1.165, 1.54) is 12.1 Å². The van der Waals surface area contributed by atoms with E-state index in [1.54, 1.807) is 25.4 Å². The minimum Gasteiger partial charge on any atom is -0.473 e. The van der Waals surface area contributed by atoms with Gasteiger partial charge < -0.3 is 4.74 Å². The number of H-pyrrole nitrogens is 1. The molecule has 6 nitrogen and oxygen atoms in total. The highest BCUT2D eigenvalue weighted by molar-refractivity contribution is 5.86. The molecule has 0 fully saturated rings. The summed E-state index contributed by atoms with van der Waals surface area (Å²) in [6.07, 6.45) is -2.93. The topological polar surface area (TPSA) is 76.0 Å². The summed E-state index contributed by atoms with van der Waals surface area (Å²) < 4.78 is 43.5. The van der Waals surface area contributed by atoms with Crippen LogP contribution in [0.2, 0.25) is 0 Å². The Hall–Kier alpha value is -3.23. The van der Waals surface area contributed by atoms with Gasteiger partial charge >= 0.3 is 6.18 Å². The molecule has 0 amide bonds. The van der Waals surface area contributed by atoms with Gasteiger partial charge in [0.05, 0.1) is 6.21 Å². The van der Waals surface area contributed by atoms with Gasteiger partial charge in [0.15, 0.2) is 0 Å². The Bertz CT molecular complexity index is 921. The van der Waals surface area contributed by atoms with Crippen LogP contribution in [-0.4, -0.2) is 33.7 Å². The van der Waals surface area contributed by atoms with Gasteiger partial charge in [-0.15, -0.1) is 0 Å². The van der Waals surface area contributed by atoms with Crippen molar-refractivity contribution < 1.29 is 17.9 Å². The summed E-state index contributed by atoms with van der Waals surface area (Å²) in [5.41, 5.74) is 1.76. The Kier molecular flexibility index (Phi) is 4.97. The van der Waals surface area contributed by atoms with Crippen LogP contribution in [0.25, 0.3) is 11.3 Å². The number of alkyl halides is 3. The smallest absolute Gasteiger partial charge is 0.433 e. The molecule has 9 heteroatoms. The summed E-state index contributed by atoms with van der Waals surface area (Å²) in [6.45, 7) is 0.0667. The van der Waals surface area contributed by atoms with Crippen molar-refractivity contribution in [1.82, 2.24) is 20.4 Å². The highest BCUT2D eigenvalue weighted by Crippen LogP contribution is 2.28. The largest absolute Gasteiger partial charge is 0.473 e. The van der Waals surface area contributed by atoms with Crippen LogP contribution in [0.3, 0.4) is 0 Å². The predicted molar refractivity (Wildman–Crippen MR) is 88.9 cm³/mol. The second-order valence-electron chi connectivity index (χ2n) is 5.29. The molecule has 0 aliphatic rings. The van der Waals surface area contributed by atoms with Crippen LogP contribution < -0.4 is 4.74 Å². The summed E-state index contributed by atoms with van der Waals surface area (Å²) in [5.74, 6) is -0.0922. The standard InChI is InChI=1S/C17H14F3N5O/c1-21-9-13-16(24-25-23-13)12-5-2-4-11(8-12)10-26-15-7-3-6-14(22-15)17(18,19)20/h2-9H,10H2,1H3,(H,23,24,25). The SMILES string of the molecule is CN=Cc1n[nH]nc1-c1cccc(COc2cccc(C(F)(F)F)n2)c1. The number of nitrogens with zero attached hydrogens (tertiary/aromatic N) is 4. The van der Waals surface area contributed by atoms with Gasteiger partial charge in [-0.25, -0.2) is 4.98 Å². The normalized spacial score (nSPS) is 11.8. The molecule has 2 aromatic heterocycles. The molecule has 26 heavy (non-hydrogen) atoms. The highest BCUT2D eigenvalue weighted by Gasteiger charge is 2.32. The number of ether oxygens (including phenoxy) is 1. The quantitative estimate of drug-likeness (QED) is 0.706. The van der Waals surface area contributed by atoms with Crippen LogP contribution in [0.4, 0.5) is 13.2 Å². The second-order valence-corrected chi connectivity index (χ2v) is 5.29. The molecule has 0 bridgehead atoms.